The zero-order valence-electron chi connectivity index (χ0n) is 15.7. The number of amides is 3. The largest absolute Gasteiger partial charge is 0.354 e. The molecule has 0 bridgehead atoms. The van der Waals surface area contributed by atoms with Crippen molar-refractivity contribution in [2.45, 2.75) is 31.1 Å². The second-order valence-electron chi connectivity index (χ2n) is 7.58. The van der Waals surface area contributed by atoms with Gasteiger partial charge in [0.05, 0.1) is 0 Å². The van der Waals surface area contributed by atoms with Gasteiger partial charge in [-0.05, 0) is 42.5 Å². The van der Waals surface area contributed by atoms with Gasteiger partial charge in [-0.15, -0.1) is 11.3 Å². The Hall–Kier alpha value is -2.05. The minimum absolute atomic E-state index is 0.0612. The molecule has 2 aliphatic rings. The summed E-state index contributed by atoms with van der Waals surface area (Å²) in [5.41, 5.74) is 0.828. The molecular formula is C21H24ClN3O2S. The zero-order valence-corrected chi connectivity index (χ0v) is 17.3. The number of carbonyl (C=O) groups is 2. The monoisotopic (exact) mass is 417 g/mol. The van der Waals surface area contributed by atoms with Gasteiger partial charge in [0.2, 0.25) is 5.91 Å². The summed E-state index contributed by atoms with van der Waals surface area (Å²) in [6.45, 7) is 1.84. The highest BCUT2D eigenvalue weighted by atomic mass is 35.5. The average molecular weight is 418 g/mol. The van der Waals surface area contributed by atoms with E-state index in [1.54, 1.807) is 33.3 Å². The van der Waals surface area contributed by atoms with Gasteiger partial charge in [0.15, 0.2) is 0 Å². The molecule has 148 valence electrons. The molecule has 0 atom stereocenters. The van der Waals surface area contributed by atoms with E-state index in [-0.39, 0.29) is 23.9 Å². The lowest BCUT2D eigenvalue weighted by atomic mass is 9.84. The zero-order chi connectivity index (χ0) is 19.6. The van der Waals surface area contributed by atoms with Crippen molar-refractivity contribution in [1.82, 2.24) is 10.2 Å². The summed E-state index contributed by atoms with van der Waals surface area (Å²) in [5.74, 6) is -0.0934. The quantitative estimate of drug-likeness (QED) is 0.762. The van der Waals surface area contributed by atoms with E-state index in [1.165, 1.54) is 17.7 Å². The summed E-state index contributed by atoms with van der Waals surface area (Å²) in [4.78, 5) is 29.9. The fraction of sp³-hybridized carbons (Fsp3) is 0.429. The highest BCUT2D eigenvalue weighted by molar-refractivity contribution is 7.10. The minimum atomic E-state index is -0.147. The average Bonchev–Trinajstić information content (AvgIpc) is 3.43. The first-order chi connectivity index (χ1) is 13.6. The van der Waals surface area contributed by atoms with Crippen LogP contribution in [0.4, 0.5) is 10.5 Å². The summed E-state index contributed by atoms with van der Waals surface area (Å²) in [6, 6.07) is 11.3. The molecule has 4 rings (SSSR count). The smallest absolute Gasteiger partial charge is 0.325 e. The topological polar surface area (TPSA) is 52.7 Å². The molecule has 2 heterocycles. The fourth-order valence-electron chi connectivity index (χ4n) is 4.25. The van der Waals surface area contributed by atoms with E-state index < -0.39 is 0 Å². The second-order valence-corrected chi connectivity index (χ2v) is 8.96. The minimum Gasteiger partial charge on any atom is -0.354 e. The lowest BCUT2D eigenvalue weighted by molar-refractivity contribution is -0.121. The van der Waals surface area contributed by atoms with Crippen molar-refractivity contribution in [3.63, 3.8) is 0 Å². The van der Waals surface area contributed by atoms with Crippen LogP contribution in [0.5, 0.6) is 0 Å². The summed E-state index contributed by atoms with van der Waals surface area (Å²) in [7, 11) is 0. The maximum atomic E-state index is 12.7. The van der Waals surface area contributed by atoms with Gasteiger partial charge in [-0.1, -0.05) is 36.6 Å². The Morgan fingerprint density at radius 1 is 1.18 bits per heavy atom. The van der Waals surface area contributed by atoms with Crippen LogP contribution in [0.25, 0.3) is 0 Å². The van der Waals surface area contributed by atoms with Gasteiger partial charge < -0.3 is 10.2 Å². The van der Waals surface area contributed by atoms with E-state index in [9.17, 15) is 9.59 Å². The molecule has 0 unspecified atom stereocenters. The van der Waals surface area contributed by atoms with E-state index in [0.717, 1.165) is 18.5 Å². The molecule has 1 N–H and O–H groups in total. The molecule has 1 aliphatic heterocycles. The molecule has 5 nitrogen and oxygen atoms in total. The third-order valence-corrected chi connectivity index (χ3v) is 7.13. The summed E-state index contributed by atoms with van der Waals surface area (Å²) in [6.07, 6.45) is 4.62. The number of halogens is 1. The third kappa shape index (κ3) is 3.89. The number of nitrogens with zero attached hydrogens (tertiary/aromatic N) is 2. The molecule has 1 saturated heterocycles. The highest BCUT2D eigenvalue weighted by Gasteiger charge is 2.37. The number of urea groups is 1. The highest BCUT2D eigenvalue weighted by Crippen LogP contribution is 2.42. The van der Waals surface area contributed by atoms with Crippen molar-refractivity contribution < 1.29 is 9.59 Å². The molecule has 3 amide bonds. The SMILES string of the molecule is O=C(CN1CCN(c2cccc(Cl)c2)C1=O)NCC1(c2cccs2)CCCC1. The lowest BCUT2D eigenvalue weighted by Gasteiger charge is -2.28. The molecule has 1 aromatic carbocycles. The fourth-order valence-corrected chi connectivity index (χ4v) is 5.42. The van der Waals surface area contributed by atoms with Crippen LogP contribution in [0.3, 0.4) is 0 Å². The van der Waals surface area contributed by atoms with Crippen LogP contribution in [-0.4, -0.2) is 43.0 Å². The van der Waals surface area contributed by atoms with Crippen molar-refractivity contribution in [2.24, 2.45) is 0 Å². The van der Waals surface area contributed by atoms with Crippen molar-refractivity contribution in [3.05, 3.63) is 51.7 Å². The molecular weight excluding hydrogens is 394 g/mol. The molecule has 1 aromatic heterocycles. The predicted molar refractivity (Wildman–Crippen MR) is 113 cm³/mol. The maximum absolute atomic E-state index is 12.7. The molecule has 1 saturated carbocycles. The van der Waals surface area contributed by atoms with Crippen molar-refractivity contribution in [3.8, 4) is 0 Å². The van der Waals surface area contributed by atoms with Gasteiger partial charge in [-0.3, -0.25) is 9.69 Å². The Balaban J connectivity index is 1.35. The van der Waals surface area contributed by atoms with Gasteiger partial charge in [-0.25, -0.2) is 4.79 Å². The van der Waals surface area contributed by atoms with Crippen LogP contribution in [0.1, 0.15) is 30.6 Å². The van der Waals surface area contributed by atoms with Crippen LogP contribution in [0.15, 0.2) is 41.8 Å². The Morgan fingerprint density at radius 2 is 2.00 bits per heavy atom. The number of benzene rings is 1. The van der Waals surface area contributed by atoms with E-state index in [0.29, 0.717) is 24.7 Å². The van der Waals surface area contributed by atoms with Gasteiger partial charge in [0.25, 0.3) is 0 Å². The first-order valence-electron chi connectivity index (χ1n) is 9.70. The number of nitrogens with one attached hydrogen (secondary N) is 1. The standard InChI is InChI=1S/C21H24ClN3O2S/c22-16-5-3-6-17(13-16)25-11-10-24(20(25)27)14-19(26)23-15-21(8-1-2-9-21)18-7-4-12-28-18/h3-7,12-13H,1-2,8-11,14-15H2,(H,23,26). The first-order valence-corrected chi connectivity index (χ1v) is 11.0. The van der Waals surface area contributed by atoms with E-state index >= 15 is 0 Å². The first kappa shape index (κ1) is 19.3. The van der Waals surface area contributed by atoms with E-state index in [4.69, 9.17) is 11.6 Å². The Kier molecular flexibility index (Phi) is 5.60. The van der Waals surface area contributed by atoms with Gasteiger partial charge in [0.1, 0.15) is 6.54 Å². The van der Waals surface area contributed by atoms with Gasteiger partial charge in [-0.2, -0.15) is 0 Å². The van der Waals surface area contributed by atoms with Crippen molar-refractivity contribution >= 4 is 40.6 Å². The molecule has 0 spiro atoms. The van der Waals surface area contributed by atoms with Crippen LogP contribution >= 0.6 is 22.9 Å². The number of anilines is 1. The summed E-state index contributed by atoms with van der Waals surface area (Å²) < 4.78 is 0. The van der Waals surface area contributed by atoms with Crippen molar-refractivity contribution in [2.75, 3.05) is 31.1 Å². The Morgan fingerprint density at radius 3 is 2.71 bits per heavy atom. The molecule has 28 heavy (non-hydrogen) atoms. The van der Waals surface area contributed by atoms with Crippen molar-refractivity contribution in [1.29, 1.82) is 0 Å². The molecule has 1 aliphatic carbocycles. The van der Waals surface area contributed by atoms with E-state index in [2.05, 4.69) is 22.8 Å². The third-order valence-electron chi connectivity index (χ3n) is 5.78. The molecule has 7 heteroatoms. The van der Waals surface area contributed by atoms with Crippen LogP contribution in [-0.2, 0) is 10.2 Å². The number of thiophene rings is 1. The number of rotatable bonds is 6. The number of hydrogen-bond acceptors (Lipinski definition) is 3. The van der Waals surface area contributed by atoms with Crippen LogP contribution in [0, 0.1) is 0 Å². The molecule has 0 radical (unpaired) electrons. The normalized spacial score (nSPS) is 18.7. The van der Waals surface area contributed by atoms with Crippen LogP contribution in [0.2, 0.25) is 5.02 Å². The summed E-state index contributed by atoms with van der Waals surface area (Å²) in [5, 5.41) is 5.80. The second kappa shape index (κ2) is 8.13. The van der Waals surface area contributed by atoms with Crippen LogP contribution < -0.4 is 10.2 Å². The number of hydrogen-bond donors (Lipinski definition) is 1. The Labute approximate surface area is 174 Å². The summed E-state index contributed by atoms with van der Waals surface area (Å²) >= 11 is 7.81. The van der Waals surface area contributed by atoms with Gasteiger partial charge >= 0.3 is 6.03 Å². The predicted octanol–water partition coefficient (Wildman–Crippen LogP) is 4.27. The Bertz CT molecular complexity index is 849. The number of carbonyl (C=O) groups excluding carboxylic acids is 2. The molecule has 2 aromatic rings. The lowest BCUT2D eigenvalue weighted by Crippen LogP contribution is -2.44. The van der Waals surface area contributed by atoms with Gasteiger partial charge in [0, 0.05) is 40.6 Å². The van der Waals surface area contributed by atoms with E-state index in [1.807, 2.05) is 12.1 Å². The molecule has 2 fully saturated rings. The maximum Gasteiger partial charge on any atom is 0.325 e.